The second-order valence-electron chi connectivity index (χ2n) is 10.8. The topological polar surface area (TPSA) is 0 Å². The summed E-state index contributed by atoms with van der Waals surface area (Å²) in [7, 11) is 0. The minimum absolute atomic E-state index is 0.598. The summed E-state index contributed by atoms with van der Waals surface area (Å²) in [6.45, 7) is 4.77. The second-order valence-corrected chi connectivity index (χ2v) is 28.0. The first-order chi connectivity index (χ1) is 17.0. The third-order valence-corrected chi connectivity index (χ3v) is 24.4. The summed E-state index contributed by atoms with van der Waals surface area (Å²) >= 11 is -2.98. The Kier molecular flexibility index (Phi) is 5.65. The molecule has 2 unspecified atom stereocenters. The zero-order valence-electron chi connectivity index (χ0n) is 21.0. The van der Waals surface area contributed by atoms with Crippen LogP contribution in [0.3, 0.4) is 0 Å². The Hall–Kier alpha value is -2.77. The van der Waals surface area contributed by atoms with Crippen LogP contribution in [0.4, 0.5) is 0 Å². The molecule has 2 aliphatic rings. The summed E-state index contributed by atoms with van der Waals surface area (Å²) in [5, 5.41) is 0. The van der Waals surface area contributed by atoms with Crippen molar-refractivity contribution >= 4 is 12.2 Å². The zero-order valence-corrected chi connectivity index (χ0v) is 24.6. The molecule has 0 bridgehead atoms. The number of benzene rings is 4. The molecule has 0 radical (unpaired) electrons. The molecule has 0 saturated heterocycles. The molecule has 2 atom stereocenters. The van der Waals surface area contributed by atoms with Crippen molar-refractivity contribution in [2.75, 3.05) is 0 Å². The molecule has 0 N–H and O–H groups in total. The van der Waals surface area contributed by atoms with Gasteiger partial charge in [-0.3, -0.25) is 0 Å². The van der Waals surface area contributed by atoms with E-state index in [4.69, 9.17) is 0 Å². The Morgan fingerprint density at radius 2 is 0.886 bits per heavy atom. The molecule has 0 nitrogen and oxygen atoms in total. The van der Waals surface area contributed by atoms with Crippen LogP contribution in [-0.4, -0.2) is 0 Å². The summed E-state index contributed by atoms with van der Waals surface area (Å²) < 4.78 is 6.60. The van der Waals surface area contributed by atoms with Gasteiger partial charge in [0.15, 0.2) is 0 Å². The Morgan fingerprint density at radius 1 is 0.486 bits per heavy atom. The van der Waals surface area contributed by atoms with E-state index in [2.05, 4.69) is 132 Å². The average molecular weight is 619 g/mol. The number of rotatable bonds is 4. The molecule has 0 amide bonds. The zero-order chi connectivity index (χ0) is 24.2. The fourth-order valence-electron chi connectivity index (χ4n) is 6.99. The van der Waals surface area contributed by atoms with Crippen LogP contribution in [0.2, 0.25) is 9.36 Å². The number of hydrogen-bond acceptors (Lipinski definition) is 0. The van der Waals surface area contributed by atoms with Crippen LogP contribution >= 0.6 is 0 Å². The number of fused-ring (bicyclic) bond motifs is 2. The summed E-state index contributed by atoms with van der Waals surface area (Å²) in [6, 6.07) is 35.8. The monoisotopic (exact) mass is 620 g/mol. The molecule has 2 aliphatic carbocycles. The van der Waals surface area contributed by atoms with Crippen molar-refractivity contribution in [3.05, 3.63) is 130 Å². The van der Waals surface area contributed by atoms with E-state index >= 15 is 0 Å². The van der Waals surface area contributed by atoms with Gasteiger partial charge < -0.3 is 0 Å². The van der Waals surface area contributed by atoms with E-state index in [-0.39, 0.29) is 0 Å². The third kappa shape index (κ3) is 3.67. The van der Waals surface area contributed by atoms with Crippen molar-refractivity contribution in [2.45, 2.75) is 30.6 Å². The Labute approximate surface area is 214 Å². The Morgan fingerprint density at radius 3 is 1.29 bits per heavy atom. The van der Waals surface area contributed by atoms with Gasteiger partial charge in [0.2, 0.25) is 0 Å². The van der Waals surface area contributed by atoms with Crippen LogP contribution in [0, 0.1) is 0 Å². The Bertz CT molecular complexity index is 1360. The first kappa shape index (κ1) is 22.7. The van der Waals surface area contributed by atoms with Gasteiger partial charge in [0.1, 0.15) is 0 Å². The van der Waals surface area contributed by atoms with E-state index in [1.54, 1.807) is 22.3 Å². The van der Waals surface area contributed by atoms with Crippen molar-refractivity contribution in [3.63, 3.8) is 0 Å². The molecule has 0 fully saturated rings. The summed E-state index contributed by atoms with van der Waals surface area (Å²) in [5.74, 6) is 0. The van der Waals surface area contributed by atoms with Gasteiger partial charge in [0.05, 0.1) is 0 Å². The van der Waals surface area contributed by atoms with Crippen molar-refractivity contribution in [1.29, 1.82) is 0 Å². The van der Waals surface area contributed by atoms with E-state index in [0.717, 1.165) is 0 Å². The Balaban J connectivity index is 1.46. The molecule has 172 valence electrons. The molecule has 35 heavy (non-hydrogen) atoms. The van der Waals surface area contributed by atoms with E-state index in [1.165, 1.54) is 33.4 Å². The van der Waals surface area contributed by atoms with Gasteiger partial charge in [-0.2, -0.15) is 0 Å². The van der Waals surface area contributed by atoms with E-state index in [9.17, 15) is 0 Å². The molecule has 0 saturated carbocycles. The molecule has 0 heterocycles. The second kappa shape index (κ2) is 8.71. The predicted molar refractivity (Wildman–Crippen MR) is 148 cm³/mol. The van der Waals surface area contributed by atoms with E-state index in [0.29, 0.717) is 7.35 Å². The van der Waals surface area contributed by atoms with Gasteiger partial charge in [-0.1, -0.05) is 0 Å². The summed E-state index contributed by atoms with van der Waals surface area (Å²) in [5.41, 5.74) is 14.5. The molecule has 4 aromatic carbocycles. The van der Waals surface area contributed by atoms with E-state index < -0.39 is 20.0 Å². The van der Waals surface area contributed by atoms with Crippen molar-refractivity contribution in [2.24, 2.45) is 0 Å². The average Bonchev–Trinajstić information content (AvgIpc) is 3.41. The van der Waals surface area contributed by atoms with Gasteiger partial charge in [0, 0.05) is 0 Å². The van der Waals surface area contributed by atoms with Crippen LogP contribution in [0.15, 0.2) is 108 Å². The van der Waals surface area contributed by atoms with Crippen molar-refractivity contribution in [3.8, 4) is 22.3 Å². The SMILES string of the molecule is CC1=Cc2c(-c3ccccc3)cccc2[CH]1[Hf]([CH3])([CH3])[CH]1C(C)=Cc2c(-c3ccccc3)cccc21. The first-order valence-electron chi connectivity index (χ1n) is 12.7. The van der Waals surface area contributed by atoms with Crippen LogP contribution in [-0.2, 0) is 20.0 Å². The molecule has 4 aromatic rings. The molecule has 0 aromatic heterocycles. The molecular weight excluding hydrogens is 587 g/mol. The first-order valence-corrected chi connectivity index (χ1v) is 24.0. The fourth-order valence-corrected chi connectivity index (χ4v) is 24.8. The molecule has 0 spiro atoms. The fraction of sp³-hybridized carbons (Fsp3) is 0.176. The van der Waals surface area contributed by atoms with Gasteiger partial charge >= 0.3 is 215 Å². The summed E-state index contributed by atoms with van der Waals surface area (Å²) in [4.78, 5) is 0. The maximum atomic E-state index is 2.70. The van der Waals surface area contributed by atoms with Crippen LogP contribution in [0.1, 0.15) is 43.5 Å². The maximum absolute atomic E-state index is 2.98. The van der Waals surface area contributed by atoms with Crippen molar-refractivity contribution in [1.82, 2.24) is 0 Å². The van der Waals surface area contributed by atoms with Gasteiger partial charge in [-0.05, 0) is 0 Å². The van der Waals surface area contributed by atoms with Gasteiger partial charge in [-0.15, -0.1) is 0 Å². The van der Waals surface area contributed by atoms with Crippen LogP contribution < -0.4 is 0 Å². The van der Waals surface area contributed by atoms with Crippen LogP contribution in [0.25, 0.3) is 34.4 Å². The molecule has 6 rings (SSSR count). The number of allylic oxidation sites excluding steroid dienone is 2. The third-order valence-electron chi connectivity index (χ3n) is 8.21. The predicted octanol–water partition coefficient (Wildman–Crippen LogP) is 9.89. The van der Waals surface area contributed by atoms with Gasteiger partial charge in [0.25, 0.3) is 0 Å². The molecular formula is C34H32Hf. The van der Waals surface area contributed by atoms with Crippen LogP contribution in [0.5, 0.6) is 0 Å². The summed E-state index contributed by atoms with van der Waals surface area (Å²) in [6.07, 6.45) is 5.00. The van der Waals surface area contributed by atoms with E-state index in [1.807, 2.05) is 0 Å². The molecule has 1 heteroatoms. The standard InChI is InChI=1S/2C16H13.2CH3.Hf/c2*1-12-10-14-8-5-9-15(16(14)11-12)13-6-3-2-4-7-13;;;/h2*2-11H,1H3;2*1H3;. The minimum atomic E-state index is -2.98. The quantitative estimate of drug-likeness (QED) is 0.200. The van der Waals surface area contributed by atoms with Gasteiger partial charge in [-0.25, -0.2) is 0 Å². The number of hydrogen-bond donors (Lipinski definition) is 0. The molecule has 0 aliphatic heterocycles. The normalized spacial score (nSPS) is 18.6. The van der Waals surface area contributed by atoms with Crippen molar-refractivity contribution < 1.29 is 20.0 Å².